The molecule has 134 valence electrons. The first-order valence-electron chi connectivity index (χ1n) is 8.42. The number of amides is 1. The molecular weight excluding hydrogens is 356 g/mol. The van der Waals surface area contributed by atoms with Crippen molar-refractivity contribution in [2.24, 2.45) is 0 Å². The van der Waals surface area contributed by atoms with Crippen molar-refractivity contribution in [3.05, 3.63) is 46.3 Å². The molecule has 1 aliphatic rings. The fraction of sp³-hybridized carbons (Fsp3) is 0.421. The summed E-state index contributed by atoms with van der Waals surface area (Å²) >= 11 is 7.43. The Labute approximate surface area is 157 Å². The molecule has 0 spiro atoms. The van der Waals surface area contributed by atoms with Gasteiger partial charge in [-0.3, -0.25) is 9.69 Å². The molecule has 1 fully saturated rings. The van der Waals surface area contributed by atoms with Crippen LogP contribution < -0.4 is 5.32 Å². The van der Waals surface area contributed by atoms with E-state index in [1.807, 2.05) is 36.4 Å². The zero-order chi connectivity index (χ0) is 17.9. The topological polar surface area (TPSA) is 41.6 Å². The summed E-state index contributed by atoms with van der Waals surface area (Å²) in [6, 6.07) is 11.5. The third-order valence-corrected chi connectivity index (χ3v) is 5.89. The molecule has 0 saturated carbocycles. The molecule has 0 aliphatic carbocycles. The number of morpholine rings is 1. The molecule has 0 radical (unpaired) electrons. The first kappa shape index (κ1) is 18.4. The van der Waals surface area contributed by atoms with E-state index < -0.39 is 0 Å². The highest BCUT2D eigenvalue weighted by Gasteiger charge is 2.28. The molecule has 25 heavy (non-hydrogen) atoms. The standard InChI is InChI=1S/C19H23ClN2O2S/c1-19(2,22-9-11-24-12-10-22)13-21-18(23)17-8-7-16(25-17)14-3-5-15(20)6-4-14/h3-8H,9-13H2,1-2H3,(H,21,23). The summed E-state index contributed by atoms with van der Waals surface area (Å²) in [6.45, 7) is 8.25. The van der Waals surface area contributed by atoms with Crippen LogP contribution in [-0.4, -0.2) is 49.2 Å². The van der Waals surface area contributed by atoms with Crippen molar-refractivity contribution in [2.45, 2.75) is 19.4 Å². The SMILES string of the molecule is CC(C)(CNC(=O)c1ccc(-c2ccc(Cl)cc2)s1)N1CCOCC1. The second-order valence-corrected chi connectivity index (χ2v) is 8.29. The number of hydrogen-bond donors (Lipinski definition) is 1. The van der Waals surface area contributed by atoms with Crippen LogP contribution in [0.25, 0.3) is 10.4 Å². The van der Waals surface area contributed by atoms with Crippen LogP contribution >= 0.6 is 22.9 Å². The van der Waals surface area contributed by atoms with Gasteiger partial charge in [0.05, 0.1) is 18.1 Å². The van der Waals surface area contributed by atoms with Gasteiger partial charge in [-0.05, 0) is 43.7 Å². The van der Waals surface area contributed by atoms with Crippen LogP contribution in [-0.2, 0) is 4.74 Å². The molecule has 0 bridgehead atoms. The van der Waals surface area contributed by atoms with E-state index in [0.717, 1.165) is 41.6 Å². The summed E-state index contributed by atoms with van der Waals surface area (Å²) in [4.78, 5) is 16.7. The number of ether oxygens (including phenoxy) is 1. The predicted octanol–water partition coefficient (Wildman–Crippen LogP) is 3.91. The van der Waals surface area contributed by atoms with E-state index in [1.165, 1.54) is 11.3 Å². The van der Waals surface area contributed by atoms with Crippen LogP contribution in [0.1, 0.15) is 23.5 Å². The molecule has 6 heteroatoms. The minimum absolute atomic E-state index is 0.0217. The minimum Gasteiger partial charge on any atom is -0.379 e. The zero-order valence-corrected chi connectivity index (χ0v) is 16.1. The molecular formula is C19H23ClN2O2S. The van der Waals surface area contributed by atoms with Gasteiger partial charge in [0.2, 0.25) is 0 Å². The highest BCUT2D eigenvalue weighted by Crippen LogP contribution is 2.29. The molecule has 1 amide bonds. The highest BCUT2D eigenvalue weighted by atomic mass is 35.5. The normalized spacial score (nSPS) is 16.0. The van der Waals surface area contributed by atoms with E-state index in [9.17, 15) is 4.79 Å². The van der Waals surface area contributed by atoms with Gasteiger partial charge in [0.1, 0.15) is 0 Å². The van der Waals surface area contributed by atoms with Crippen molar-refractivity contribution in [1.82, 2.24) is 10.2 Å². The van der Waals surface area contributed by atoms with Crippen molar-refractivity contribution < 1.29 is 9.53 Å². The van der Waals surface area contributed by atoms with E-state index in [2.05, 4.69) is 24.1 Å². The zero-order valence-electron chi connectivity index (χ0n) is 14.5. The number of thiophene rings is 1. The number of carbonyl (C=O) groups excluding carboxylic acids is 1. The molecule has 4 nitrogen and oxygen atoms in total. The molecule has 1 N–H and O–H groups in total. The Morgan fingerprint density at radius 1 is 1.20 bits per heavy atom. The Morgan fingerprint density at radius 3 is 2.56 bits per heavy atom. The fourth-order valence-corrected chi connectivity index (χ4v) is 3.95. The van der Waals surface area contributed by atoms with Gasteiger partial charge < -0.3 is 10.1 Å². The van der Waals surface area contributed by atoms with Gasteiger partial charge in [-0.2, -0.15) is 0 Å². The van der Waals surface area contributed by atoms with Crippen LogP contribution in [0.2, 0.25) is 5.02 Å². The lowest BCUT2D eigenvalue weighted by molar-refractivity contribution is -0.00922. The average Bonchev–Trinajstić information content (AvgIpc) is 3.11. The summed E-state index contributed by atoms with van der Waals surface area (Å²) in [5.41, 5.74) is 0.984. The minimum atomic E-state index is -0.0876. The number of nitrogens with one attached hydrogen (secondary N) is 1. The Balaban J connectivity index is 1.61. The van der Waals surface area contributed by atoms with Gasteiger partial charge in [0, 0.05) is 35.1 Å². The van der Waals surface area contributed by atoms with Crippen LogP contribution in [0, 0.1) is 0 Å². The van der Waals surface area contributed by atoms with Crippen LogP contribution in [0.15, 0.2) is 36.4 Å². The van der Waals surface area contributed by atoms with Gasteiger partial charge in [0.25, 0.3) is 5.91 Å². The molecule has 0 unspecified atom stereocenters. The lowest BCUT2D eigenvalue weighted by Crippen LogP contribution is -2.55. The predicted molar refractivity (Wildman–Crippen MR) is 104 cm³/mol. The summed E-state index contributed by atoms with van der Waals surface area (Å²) in [6.07, 6.45) is 0. The number of benzene rings is 1. The smallest absolute Gasteiger partial charge is 0.261 e. The molecule has 0 atom stereocenters. The molecule has 2 heterocycles. The molecule has 1 saturated heterocycles. The first-order valence-corrected chi connectivity index (χ1v) is 9.62. The maximum Gasteiger partial charge on any atom is 0.261 e. The van der Waals surface area contributed by atoms with E-state index >= 15 is 0 Å². The van der Waals surface area contributed by atoms with Crippen molar-refractivity contribution in [3.8, 4) is 10.4 Å². The molecule has 2 aromatic rings. The van der Waals surface area contributed by atoms with Crippen molar-refractivity contribution in [3.63, 3.8) is 0 Å². The Hall–Kier alpha value is -1.40. The number of nitrogens with zero attached hydrogens (tertiary/aromatic N) is 1. The van der Waals surface area contributed by atoms with Crippen LogP contribution in [0.4, 0.5) is 0 Å². The van der Waals surface area contributed by atoms with Crippen LogP contribution in [0.3, 0.4) is 0 Å². The van der Waals surface area contributed by atoms with Gasteiger partial charge in [-0.15, -0.1) is 11.3 Å². The maximum atomic E-state index is 12.5. The third kappa shape index (κ3) is 4.61. The maximum absolute atomic E-state index is 12.5. The number of rotatable bonds is 5. The highest BCUT2D eigenvalue weighted by molar-refractivity contribution is 7.17. The van der Waals surface area contributed by atoms with Gasteiger partial charge >= 0.3 is 0 Å². The Morgan fingerprint density at radius 2 is 1.88 bits per heavy atom. The van der Waals surface area contributed by atoms with Gasteiger partial charge in [0.15, 0.2) is 0 Å². The Bertz CT molecular complexity index is 721. The summed E-state index contributed by atoms with van der Waals surface area (Å²) in [5, 5.41) is 3.79. The van der Waals surface area contributed by atoms with Crippen molar-refractivity contribution in [2.75, 3.05) is 32.8 Å². The molecule has 1 aromatic carbocycles. The molecule has 1 aromatic heterocycles. The second-order valence-electron chi connectivity index (χ2n) is 6.77. The van der Waals surface area contributed by atoms with E-state index in [4.69, 9.17) is 16.3 Å². The summed E-state index contributed by atoms with van der Waals surface area (Å²) in [5.74, 6) is -0.0217. The van der Waals surface area contributed by atoms with Crippen molar-refractivity contribution in [1.29, 1.82) is 0 Å². The van der Waals surface area contributed by atoms with E-state index in [-0.39, 0.29) is 11.4 Å². The second kappa shape index (κ2) is 7.87. The molecule has 1 aliphatic heterocycles. The Kier molecular flexibility index (Phi) is 5.79. The summed E-state index contributed by atoms with van der Waals surface area (Å²) < 4.78 is 5.41. The largest absolute Gasteiger partial charge is 0.379 e. The first-order chi connectivity index (χ1) is 12.0. The quantitative estimate of drug-likeness (QED) is 0.857. The third-order valence-electron chi connectivity index (χ3n) is 4.51. The summed E-state index contributed by atoms with van der Waals surface area (Å²) in [7, 11) is 0. The number of hydrogen-bond acceptors (Lipinski definition) is 4. The number of halogens is 1. The monoisotopic (exact) mass is 378 g/mol. The van der Waals surface area contributed by atoms with E-state index in [0.29, 0.717) is 11.6 Å². The van der Waals surface area contributed by atoms with E-state index in [1.54, 1.807) is 0 Å². The lowest BCUT2D eigenvalue weighted by Gasteiger charge is -2.40. The van der Waals surface area contributed by atoms with Crippen molar-refractivity contribution >= 4 is 28.8 Å². The average molecular weight is 379 g/mol. The number of carbonyl (C=O) groups is 1. The van der Waals surface area contributed by atoms with Gasteiger partial charge in [-0.1, -0.05) is 23.7 Å². The fourth-order valence-electron chi connectivity index (χ4n) is 2.89. The van der Waals surface area contributed by atoms with Crippen LogP contribution in [0.5, 0.6) is 0 Å². The van der Waals surface area contributed by atoms with Gasteiger partial charge in [-0.25, -0.2) is 0 Å². The molecule has 3 rings (SSSR count). The lowest BCUT2D eigenvalue weighted by atomic mass is 10.0.